The molecule has 0 unspecified atom stereocenters. The quantitative estimate of drug-likeness (QED) is 0.704. The van der Waals surface area contributed by atoms with Crippen molar-refractivity contribution in [2.45, 2.75) is 0 Å². The lowest BCUT2D eigenvalue weighted by Gasteiger charge is -1.93. The van der Waals surface area contributed by atoms with E-state index < -0.39 is 0 Å². The van der Waals surface area contributed by atoms with Gasteiger partial charge in [0.25, 0.3) is 0 Å². The third-order valence-electron chi connectivity index (χ3n) is 1.25. The Balaban J connectivity index is 0.000000145. The number of H-pyrrole nitrogens is 1. The van der Waals surface area contributed by atoms with E-state index in [0.717, 1.165) is 5.75 Å². The van der Waals surface area contributed by atoms with Crippen LogP contribution in [0.4, 0.5) is 0 Å². The van der Waals surface area contributed by atoms with Gasteiger partial charge in [0.05, 0.1) is 7.11 Å². The summed E-state index contributed by atoms with van der Waals surface area (Å²) in [6, 6.07) is 9.68. The van der Waals surface area contributed by atoms with Crippen LogP contribution in [-0.4, -0.2) is 27.7 Å². The van der Waals surface area contributed by atoms with Crippen LogP contribution < -0.4 is 4.74 Å². The summed E-state index contributed by atoms with van der Waals surface area (Å²) < 4.78 is 4.91. The summed E-state index contributed by atoms with van der Waals surface area (Å²) in [7, 11) is 1.66. The Bertz CT molecular complexity index is 278. The lowest BCUT2D eigenvalue weighted by atomic mass is 10.3. The van der Waals surface area contributed by atoms with Gasteiger partial charge in [0, 0.05) is 0 Å². The van der Waals surface area contributed by atoms with Gasteiger partial charge in [-0.25, -0.2) is 0 Å². The van der Waals surface area contributed by atoms with Crippen molar-refractivity contribution < 1.29 is 4.74 Å². The summed E-state index contributed by atoms with van der Waals surface area (Å²) in [6.07, 6.45) is 1.33. The number of nitrogens with one attached hydrogen (secondary N) is 1. The van der Waals surface area contributed by atoms with E-state index in [1.807, 2.05) is 30.3 Å². The van der Waals surface area contributed by atoms with E-state index in [9.17, 15) is 0 Å². The van der Waals surface area contributed by atoms with Gasteiger partial charge in [-0.2, -0.15) is 5.21 Å². The third-order valence-corrected chi connectivity index (χ3v) is 1.25. The van der Waals surface area contributed by atoms with Crippen LogP contribution in [0.25, 0.3) is 0 Å². The number of benzene rings is 1. The van der Waals surface area contributed by atoms with Crippen LogP contribution in [0.15, 0.2) is 36.7 Å². The van der Waals surface area contributed by atoms with E-state index in [-0.39, 0.29) is 0 Å². The van der Waals surface area contributed by atoms with E-state index in [4.69, 9.17) is 4.74 Å². The molecule has 0 aliphatic rings. The number of hydrogen-bond donors (Lipinski definition) is 1. The number of methoxy groups -OCH3 is 1. The zero-order valence-electron chi connectivity index (χ0n) is 7.21. The summed E-state index contributed by atoms with van der Waals surface area (Å²) in [4.78, 5) is 0. The van der Waals surface area contributed by atoms with Crippen molar-refractivity contribution in [2.24, 2.45) is 0 Å². The van der Waals surface area contributed by atoms with E-state index in [1.54, 1.807) is 7.11 Å². The predicted octanol–water partition coefficient (Wildman–Crippen LogP) is 0.895. The normalized spacial score (nSPS) is 8.38. The number of tetrazole rings is 1. The lowest BCUT2D eigenvalue weighted by Crippen LogP contribution is -1.78. The minimum absolute atomic E-state index is 0.910. The van der Waals surface area contributed by atoms with Crippen LogP contribution in [0, 0.1) is 0 Å². The molecule has 1 N–H and O–H groups in total. The molecule has 5 nitrogen and oxygen atoms in total. The first-order valence-corrected chi connectivity index (χ1v) is 3.69. The van der Waals surface area contributed by atoms with Crippen molar-refractivity contribution in [1.29, 1.82) is 0 Å². The number of nitrogens with zero attached hydrogens (tertiary/aromatic N) is 3. The summed E-state index contributed by atoms with van der Waals surface area (Å²) in [5, 5.41) is 12.2. The maximum Gasteiger partial charge on any atom is 0.161 e. The molecule has 68 valence electrons. The Morgan fingerprint density at radius 2 is 2.00 bits per heavy atom. The molecule has 0 aliphatic heterocycles. The van der Waals surface area contributed by atoms with E-state index in [2.05, 4.69) is 20.6 Å². The molecular formula is C8H10N4O. The number of aromatic amines is 1. The number of para-hydroxylation sites is 1. The highest BCUT2D eigenvalue weighted by molar-refractivity contribution is 5.20. The van der Waals surface area contributed by atoms with Crippen molar-refractivity contribution in [3.05, 3.63) is 36.7 Å². The molecule has 2 aromatic rings. The molecule has 0 spiro atoms. The predicted molar refractivity (Wildman–Crippen MR) is 47.2 cm³/mol. The second-order valence-corrected chi connectivity index (χ2v) is 2.08. The minimum Gasteiger partial charge on any atom is -0.497 e. The molecular weight excluding hydrogens is 168 g/mol. The summed E-state index contributed by atoms with van der Waals surface area (Å²) in [6.45, 7) is 0. The minimum atomic E-state index is 0.910. The Labute approximate surface area is 75.7 Å². The molecule has 0 aliphatic carbocycles. The largest absolute Gasteiger partial charge is 0.497 e. The average Bonchev–Trinajstić information content (AvgIpc) is 2.77. The number of aromatic nitrogens is 4. The molecule has 13 heavy (non-hydrogen) atoms. The van der Waals surface area contributed by atoms with Gasteiger partial charge in [-0.3, -0.25) is 0 Å². The van der Waals surface area contributed by atoms with Gasteiger partial charge < -0.3 is 4.74 Å². The SMILES string of the molecule is COc1ccccc1.c1nn[nH]n1. The average molecular weight is 178 g/mol. The molecule has 1 heterocycles. The fourth-order valence-electron chi connectivity index (χ4n) is 0.686. The van der Waals surface area contributed by atoms with Crippen LogP contribution in [0.3, 0.4) is 0 Å². The second kappa shape index (κ2) is 5.70. The fraction of sp³-hybridized carbons (Fsp3) is 0.125. The molecule has 2 rings (SSSR count). The van der Waals surface area contributed by atoms with Gasteiger partial charge in [-0.05, 0) is 12.1 Å². The number of ether oxygens (including phenoxy) is 1. The Morgan fingerprint density at radius 1 is 1.23 bits per heavy atom. The molecule has 0 amide bonds. The highest BCUT2D eigenvalue weighted by Gasteiger charge is 1.80. The van der Waals surface area contributed by atoms with Gasteiger partial charge >= 0.3 is 0 Å². The van der Waals surface area contributed by atoms with Crippen molar-refractivity contribution in [1.82, 2.24) is 20.6 Å². The summed E-state index contributed by atoms with van der Waals surface area (Å²) in [5.74, 6) is 0.910. The van der Waals surface area contributed by atoms with E-state index in [1.165, 1.54) is 6.33 Å². The highest BCUT2D eigenvalue weighted by atomic mass is 16.5. The molecule has 0 radical (unpaired) electrons. The molecule has 1 aromatic heterocycles. The summed E-state index contributed by atoms with van der Waals surface area (Å²) in [5.41, 5.74) is 0. The maximum absolute atomic E-state index is 4.91. The van der Waals surface area contributed by atoms with E-state index >= 15 is 0 Å². The molecule has 0 atom stereocenters. The van der Waals surface area contributed by atoms with Crippen LogP contribution in [0.5, 0.6) is 5.75 Å². The molecule has 0 saturated carbocycles. The standard InChI is InChI=1S/C7H8O.CH2N4/c1-8-7-5-3-2-4-6-7;1-2-4-5-3-1/h2-6H,1H3;1H,(H,2,3,4,5). The molecule has 0 saturated heterocycles. The fourth-order valence-corrected chi connectivity index (χ4v) is 0.686. The van der Waals surface area contributed by atoms with Gasteiger partial charge in [0.15, 0.2) is 6.33 Å². The van der Waals surface area contributed by atoms with Gasteiger partial charge in [0.2, 0.25) is 0 Å². The zero-order valence-corrected chi connectivity index (χ0v) is 7.21. The Kier molecular flexibility index (Phi) is 4.03. The monoisotopic (exact) mass is 178 g/mol. The third kappa shape index (κ3) is 3.85. The first-order valence-electron chi connectivity index (χ1n) is 3.69. The smallest absolute Gasteiger partial charge is 0.161 e. The number of rotatable bonds is 1. The second-order valence-electron chi connectivity index (χ2n) is 2.08. The van der Waals surface area contributed by atoms with Crippen LogP contribution in [0.1, 0.15) is 0 Å². The van der Waals surface area contributed by atoms with Gasteiger partial charge in [-0.15, -0.1) is 10.2 Å². The lowest BCUT2D eigenvalue weighted by molar-refractivity contribution is 0.415. The first-order chi connectivity index (χ1) is 6.43. The Morgan fingerprint density at radius 3 is 2.31 bits per heavy atom. The molecule has 0 bridgehead atoms. The highest BCUT2D eigenvalue weighted by Crippen LogP contribution is 2.05. The van der Waals surface area contributed by atoms with Crippen LogP contribution in [-0.2, 0) is 0 Å². The zero-order chi connectivity index (χ0) is 9.36. The molecule has 0 fully saturated rings. The van der Waals surface area contributed by atoms with Crippen molar-refractivity contribution in [3.63, 3.8) is 0 Å². The number of hydrogen-bond acceptors (Lipinski definition) is 4. The van der Waals surface area contributed by atoms with Crippen LogP contribution >= 0.6 is 0 Å². The van der Waals surface area contributed by atoms with Gasteiger partial charge in [-0.1, -0.05) is 23.4 Å². The van der Waals surface area contributed by atoms with E-state index in [0.29, 0.717) is 0 Å². The van der Waals surface area contributed by atoms with Crippen molar-refractivity contribution in [3.8, 4) is 5.75 Å². The molecule has 5 heteroatoms. The van der Waals surface area contributed by atoms with Crippen molar-refractivity contribution in [2.75, 3.05) is 7.11 Å². The summed E-state index contributed by atoms with van der Waals surface area (Å²) >= 11 is 0. The Hall–Kier alpha value is -1.91. The maximum atomic E-state index is 4.91. The topological polar surface area (TPSA) is 63.7 Å². The van der Waals surface area contributed by atoms with Crippen LogP contribution in [0.2, 0.25) is 0 Å². The van der Waals surface area contributed by atoms with Gasteiger partial charge in [0.1, 0.15) is 5.75 Å². The first kappa shape index (κ1) is 9.18. The molecule has 1 aromatic carbocycles. The van der Waals surface area contributed by atoms with Crippen molar-refractivity contribution >= 4 is 0 Å².